The Bertz CT molecular complexity index is 1190. The van der Waals surface area contributed by atoms with Crippen molar-refractivity contribution < 1.29 is 9.59 Å². The predicted molar refractivity (Wildman–Crippen MR) is 136 cm³/mol. The minimum atomic E-state index is -0.375. The van der Waals surface area contributed by atoms with Crippen LogP contribution in [0.1, 0.15) is 32.0 Å². The number of piperazine rings is 1. The number of nitrogens with one attached hydrogen (secondary N) is 2. The summed E-state index contributed by atoms with van der Waals surface area (Å²) in [5, 5.41) is 6.22. The molecular weight excluding hydrogens is 450 g/mol. The maximum atomic E-state index is 13.0. The number of nitrogens with zero attached hydrogens (tertiary/aromatic N) is 3. The van der Waals surface area contributed by atoms with E-state index in [1.807, 2.05) is 31.2 Å². The Balaban J connectivity index is 1.43. The van der Waals surface area contributed by atoms with E-state index in [1.165, 1.54) is 12.3 Å². The lowest BCUT2D eigenvalue weighted by atomic mass is 10.1. The van der Waals surface area contributed by atoms with Gasteiger partial charge in [0, 0.05) is 60.9 Å². The van der Waals surface area contributed by atoms with E-state index in [2.05, 4.69) is 38.5 Å². The molecule has 8 heteroatoms. The molecule has 2 aromatic carbocycles. The molecule has 1 aliphatic rings. The van der Waals surface area contributed by atoms with Gasteiger partial charge in [0.05, 0.1) is 0 Å². The summed E-state index contributed by atoms with van der Waals surface area (Å²) in [6, 6.07) is 16.2. The van der Waals surface area contributed by atoms with E-state index < -0.39 is 0 Å². The average molecular weight is 478 g/mol. The lowest BCUT2D eigenvalue weighted by Crippen LogP contribution is -2.43. The van der Waals surface area contributed by atoms with E-state index >= 15 is 0 Å². The topological polar surface area (TPSA) is 77.6 Å². The number of aryl methyl sites for hydroxylation is 1. The van der Waals surface area contributed by atoms with Gasteiger partial charge >= 0.3 is 0 Å². The summed E-state index contributed by atoms with van der Waals surface area (Å²) < 4.78 is 0. The largest absolute Gasteiger partial charge is 0.322 e. The summed E-state index contributed by atoms with van der Waals surface area (Å²) in [5.41, 5.74) is 4.01. The first kappa shape index (κ1) is 23.9. The van der Waals surface area contributed by atoms with Crippen LogP contribution in [0.25, 0.3) is 0 Å². The monoisotopic (exact) mass is 477 g/mol. The molecule has 0 unspecified atom stereocenters. The Morgan fingerprint density at radius 1 is 0.971 bits per heavy atom. The maximum Gasteiger partial charge on any atom is 0.274 e. The molecule has 2 amide bonds. The van der Waals surface area contributed by atoms with E-state index in [0.29, 0.717) is 22.0 Å². The molecule has 7 nitrogen and oxygen atoms in total. The van der Waals surface area contributed by atoms with E-state index in [1.54, 1.807) is 18.2 Å². The van der Waals surface area contributed by atoms with Gasteiger partial charge < -0.3 is 15.5 Å². The third-order valence-corrected chi connectivity index (χ3v) is 6.12. The van der Waals surface area contributed by atoms with Crippen molar-refractivity contribution in [3.63, 3.8) is 0 Å². The summed E-state index contributed by atoms with van der Waals surface area (Å²) in [7, 11) is 2.14. The highest BCUT2D eigenvalue weighted by molar-refractivity contribution is 6.31. The van der Waals surface area contributed by atoms with Gasteiger partial charge in [0.1, 0.15) is 5.69 Å². The third-order valence-electron chi connectivity index (χ3n) is 5.89. The third kappa shape index (κ3) is 6.20. The molecule has 2 heterocycles. The highest BCUT2D eigenvalue weighted by atomic mass is 35.5. The molecule has 4 rings (SSSR count). The minimum absolute atomic E-state index is 0.191. The Morgan fingerprint density at radius 3 is 2.53 bits per heavy atom. The molecule has 1 fully saturated rings. The molecule has 0 saturated carbocycles. The molecule has 0 bridgehead atoms. The first-order valence-corrected chi connectivity index (χ1v) is 11.6. The molecule has 176 valence electrons. The van der Waals surface area contributed by atoms with E-state index in [4.69, 9.17) is 11.6 Å². The number of halogens is 1. The number of hydrogen-bond donors (Lipinski definition) is 2. The van der Waals surface area contributed by atoms with Gasteiger partial charge in [-0.15, -0.1) is 0 Å². The van der Waals surface area contributed by atoms with Gasteiger partial charge in [-0.25, -0.2) is 0 Å². The van der Waals surface area contributed by atoms with Gasteiger partial charge in [-0.3, -0.25) is 19.5 Å². The Labute approximate surface area is 204 Å². The van der Waals surface area contributed by atoms with Crippen LogP contribution in [-0.2, 0) is 6.54 Å². The van der Waals surface area contributed by atoms with Crippen LogP contribution >= 0.6 is 11.6 Å². The zero-order chi connectivity index (χ0) is 24.1. The van der Waals surface area contributed by atoms with Gasteiger partial charge in [0.2, 0.25) is 0 Å². The number of rotatable bonds is 6. The van der Waals surface area contributed by atoms with Crippen LogP contribution in [0.5, 0.6) is 0 Å². The van der Waals surface area contributed by atoms with Crippen molar-refractivity contribution in [1.29, 1.82) is 0 Å². The number of anilines is 2. The van der Waals surface area contributed by atoms with Gasteiger partial charge in [-0.2, -0.15) is 0 Å². The zero-order valence-corrected chi connectivity index (χ0v) is 20.1. The number of carbonyl (C=O) groups is 2. The molecule has 0 radical (unpaired) electrons. The van der Waals surface area contributed by atoms with Crippen LogP contribution in [0.4, 0.5) is 11.4 Å². The second kappa shape index (κ2) is 10.8. The average Bonchev–Trinajstić information content (AvgIpc) is 2.83. The van der Waals surface area contributed by atoms with E-state index in [9.17, 15) is 9.59 Å². The summed E-state index contributed by atoms with van der Waals surface area (Å²) in [6.07, 6.45) is 1.48. The highest BCUT2D eigenvalue weighted by Gasteiger charge is 2.15. The molecule has 34 heavy (non-hydrogen) atoms. The lowest BCUT2D eigenvalue weighted by Gasteiger charge is -2.32. The van der Waals surface area contributed by atoms with Gasteiger partial charge in [-0.1, -0.05) is 29.8 Å². The minimum Gasteiger partial charge on any atom is -0.322 e. The number of pyridine rings is 1. The number of benzene rings is 2. The molecular formula is C26H28ClN5O2. The van der Waals surface area contributed by atoms with Crippen LogP contribution in [0.2, 0.25) is 5.02 Å². The van der Waals surface area contributed by atoms with Crippen molar-refractivity contribution in [3.8, 4) is 0 Å². The highest BCUT2D eigenvalue weighted by Crippen LogP contribution is 2.22. The number of likely N-dealkylation sites (N-methyl/N-ethyl adjacent to an activating group) is 1. The fraction of sp³-hybridized carbons (Fsp3) is 0.269. The van der Waals surface area contributed by atoms with Crippen LogP contribution < -0.4 is 10.6 Å². The number of hydrogen-bond acceptors (Lipinski definition) is 5. The van der Waals surface area contributed by atoms with E-state index in [0.717, 1.165) is 43.9 Å². The van der Waals surface area contributed by atoms with Crippen LogP contribution in [0.15, 0.2) is 60.8 Å². The summed E-state index contributed by atoms with van der Waals surface area (Å²) in [4.78, 5) is 34.3. The maximum absolute atomic E-state index is 13.0. The summed E-state index contributed by atoms with van der Waals surface area (Å²) in [6.45, 7) is 6.89. The molecule has 0 atom stereocenters. The molecule has 1 saturated heterocycles. The summed E-state index contributed by atoms with van der Waals surface area (Å²) >= 11 is 5.95. The molecule has 0 spiro atoms. The predicted octanol–water partition coefficient (Wildman–Crippen LogP) is 4.30. The second-order valence-corrected chi connectivity index (χ2v) is 9.01. The first-order valence-electron chi connectivity index (χ1n) is 11.2. The molecule has 0 aliphatic carbocycles. The molecule has 2 N–H and O–H groups in total. The second-order valence-electron chi connectivity index (χ2n) is 8.58. The van der Waals surface area contributed by atoms with Crippen LogP contribution in [0.3, 0.4) is 0 Å². The van der Waals surface area contributed by atoms with E-state index in [-0.39, 0.29) is 17.5 Å². The number of aromatic nitrogens is 1. The number of amides is 2. The Kier molecular flexibility index (Phi) is 7.57. The molecule has 1 aromatic heterocycles. The standard InChI is InChI=1S/C26H28ClN5O2/c1-18-6-7-22(29-26(34)24-15-21(27)8-9-28-24)16-23(18)30-25(33)20-5-3-4-19(14-20)17-32-12-10-31(2)11-13-32/h3-9,14-16H,10-13,17H2,1-2H3,(H,29,34)(H,30,33). The fourth-order valence-corrected chi connectivity index (χ4v) is 3.99. The van der Waals surface area contributed by atoms with Gasteiger partial charge in [-0.05, 0) is 61.5 Å². The Morgan fingerprint density at radius 2 is 1.76 bits per heavy atom. The summed E-state index contributed by atoms with van der Waals surface area (Å²) in [5.74, 6) is -0.566. The number of carbonyl (C=O) groups excluding carboxylic acids is 2. The van der Waals surface area contributed by atoms with Crippen molar-refractivity contribution in [2.24, 2.45) is 0 Å². The first-order chi connectivity index (χ1) is 16.4. The van der Waals surface area contributed by atoms with Crippen LogP contribution in [0, 0.1) is 6.92 Å². The van der Waals surface area contributed by atoms with Crippen molar-refractivity contribution in [1.82, 2.24) is 14.8 Å². The van der Waals surface area contributed by atoms with Gasteiger partial charge in [0.25, 0.3) is 11.8 Å². The SMILES string of the molecule is Cc1ccc(NC(=O)c2cc(Cl)ccn2)cc1NC(=O)c1cccc(CN2CCN(C)CC2)c1. The van der Waals surface area contributed by atoms with Gasteiger partial charge in [0.15, 0.2) is 0 Å². The van der Waals surface area contributed by atoms with Crippen LogP contribution in [-0.4, -0.2) is 59.8 Å². The van der Waals surface area contributed by atoms with Crippen molar-refractivity contribution in [2.75, 3.05) is 43.9 Å². The fourth-order valence-electron chi connectivity index (χ4n) is 3.83. The normalized spacial score (nSPS) is 14.6. The van der Waals surface area contributed by atoms with Crippen molar-refractivity contribution >= 4 is 34.8 Å². The quantitative estimate of drug-likeness (QED) is 0.553. The Hall–Kier alpha value is -3.26. The van der Waals surface area contributed by atoms with Crippen molar-refractivity contribution in [2.45, 2.75) is 13.5 Å². The zero-order valence-electron chi connectivity index (χ0n) is 19.3. The molecule has 3 aromatic rings. The molecule has 1 aliphatic heterocycles. The lowest BCUT2D eigenvalue weighted by molar-refractivity contribution is 0.101. The van der Waals surface area contributed by atoms with Crippen molar-refractivity contribution in [3.05, 3.63) is 88.2 Å². The smallest absolute Gasteiger partial charge is 0.274 e.